The van der Waals surface area contributed by atoms with Crippen LogP contribution < -0.4 is 10.6 Å². The number of rotatable bonds is 4. The van der Waals surface area contributed by atoms with Gasteiger partial charge in [0.25, 0.3) is 11.8 Å². The normalized spacial score (nSPS) is 16.5. The Hall–Kier alpha value is -2.66. The lowest BCUT2D eigenvalue weighted by Crippen LogP contribution is -2.26. The summed E-state index contributed by atoms with van der Waals surface area (Å²) in [7, 11) is 0. The van der Waals surface area contributed by atoms with Gasteiger partial charge in [0.05, 0.1) is 0 Å². The zero-order chi connectivity index (χ0) is 17.8. The van der Waals surface area contributed by atoms with Crippen LogP contribution in [-0.2, 0) is 9.53 Å². The topological polar surface area (TPSA) is 67.4 Å². The van der Waals surface area contributed by atoms with Gasteiger partial charge in [-0.2, -0.15) is 0 Å². The van der Waals surface area contributed by atoms with E-state index < -0.39 is 0 Å². The summed E-state index contributed by atoms with van der Waals surface area (Å²) >= 11 is 0. The zero-order valence-corrected chi connectivity index (χ0v) is 14.5. The largest absolute Gasteiger partial charge is 0.368 e. The molecule has 5 nitrogen and oxygen atoms in total. The van der Waals surface area contributed by atoms with E-state index in [-0.39, 0.29) is 17.9 Å². The van der Waals surface area contributed by atoms with Crippen LogP contribution in [0.4, 0.5) is 11.4 Å². The maximum absolute atomic E-state index is 12.4. The Morgan fingerprint density at radius 1 is 1.00 bits per heavy atom. The highest BCUT2D eigenvalue weighted by molar-refractivity contribution is 6.05. The van der Waals surface area contributed by atoms with Crippen LogP contribution in [0.25, 0.3) is 0 Å². The monoisotopic (exact) mass is 338 g/mol. The number of hydrogen-bond acceptors (Lipinski definition) is 3. The molecule has 0 spiro atoms. The summed E-state index contributed by atoms with van der Waals surface area (Å²) < 4.78 is 5.36. The Labute approximate surface area is 147 Å². The molecule has 1 unspecified atom stereocenters. The minimum atomic E-state index is -0.358. The van der Waals surface area contributed by atoms with Crippen molar-refractivity contribution < 1.29 is 14.3 Å². The van der Waals surface area contributed by atoms with Gasteiger partial charge in [0, 0.05) is 23.5 Å². The average Bonchev–Trinajstić information content (AvgIpc) is 3.11. The summed E-state index contributed by atoms with van der Waals surface area (Å²) in [6, 6.07) is 12.8. The molecule has 0 aliphatic carbocycles. The van der Waals surface area contributed by atoms with Crippen molar-refractivity contribution in [2.24, 2.45) is 0 Å². The Balaban J connectivity index is 1.62. The molecule has 2 amide bonds. The minimum Gasteiger partial charge on any atom is -0.368 e. The van der Waals surface area contributed by atoms with E-state index in [1.165, 1.54) is 0 Å². The maximum atomic E-state index is 12.4. The van der Waals surface area contributed by atoms with Crippen molar-refractivity contribution in [1.82, 2.24) is 0 Å². The van der Waals surface area contributed by atoms with Crippen LogP contribution in [0.5, 0.6) is 0 Å². The average molecular weight is 338 g/mol. The molecule has 1 fully saturated rings. The Morgan fingerprint density at radius 3 is 2.28 bits per heavy atom. The summed E-state index contributed by atoms with van der Waals surface area (Å²) in [5, 5.41) is 5.71. The van der Waals surface area contributed by atoms with Crippen LogP contribution >= 0.6 is 0 Å². The van der Waals surface area contributed by atoms with Crippen molar-refractivity contribution >= 4 is 23.2 Å². The first-order valence-corrected chi connectivity index (χ1v) is 8.44. The van der Waals surface area contributed by atoms with Crippen LogP contribution in [0.15, 0.2) is 42.5 Å². The molecule has 3 rings (SSSR count). The lowest BCUT2D eigenvalue weighted by molar-refractivity contribution is -0.124. The van der Waals surface area contributed by atoms with Crippen molar-refractivity contribution in [3.63, 3.8) is 0 Å². The number of hydrogen-bond donors (Lipinski definition) is 2. The van der Waals surface area contributed by atoms with Gasteiger partial charge < -0.3 is 15.4 Å². The van der Waals surface area contributed by atoms with E-state index in [0.29, 0.717) is 23.5 Å². The van der Waals surface area contributed by atoms with Crippen molar-refractivity contribution in [2.45, 2.75) is 32.8 Å². The molecule has 1 saturated heterocycles. The number of aryl methyl sites for hydroxylation is 2. The predicted octanol–water partition coefficient (Wildman–Crippen LogP) is 3.67. The predicted molar refractivity (Wildman–Crippen MR) is 97.9 cm³/mol. The third-order valence-corrected chi connectivity index (χ3v) is 4.26. The van der Waals surface area contributed by atoms with E-state index in [2.05, 4.69) is 10.6 Å². The third-order valence-electron chi connectivity index (χ3n) is 4.26. The molecule has 0 saturated carbocycles. The molecule has 25 heavy (non-hydrogen) atoms. The molecule has 5 heteroatoms. The molecule has 0 aromatic heterocycles. The SMILES string of the molecule is Cc1ccc(C(=O)Nc2ccc(NC(=O)C3CCCO3)cc2)c(C)c1. The van der Waals surface area contributed by atoms with Gasteiger partial charge in [0.2, 0.25) is 0 Å². The van der Waals surface area contributed by atoms with Crippen molar-refractivity contribution in [3.8, 4) is 0 Å². The highest BCUT2D eigenvalue weighted by Crippen LogP contribution is 2.18. The molecule has 130 valence electrons. The Kier molecular flexibility index (Phi) is 5.14. The fraction of sp³-hybridized carbons (Fsp3) is 0.300. The lowest BCUT2D eigenvalue weighted by atomic mass is 10.1. The van der Waals surface area contributed by atoms with Gasteiger partial charge in [-0.15, -0.1) is 0 Å². The van der Waals surface area contributed by atoms with Crippen LogP contribution in [0.1, 0.15) is 34.3 Å². The molecule has 1 heterocycles. The maximum Gasteiger partial charge on any atom is 0.255 e. The van der Waals surface area contributed by atoms with Crippen LogP contribution in [0.2, 0.25) is 0 Å². The number of nitrogens with one attached hydrogen (secondary N) is 2. The highest BCUT2D eigenvalue weighted by atomic mass is 16.5. The fourth-order valence-corrected chi connectivity index (χ4v) is 2.91. The second-order valence-electron chi connectivity index (χ2n) is 6.34. The second-order valence-corrected chi connectivity index (χ2v) is 6.34. The van der Waals surface area contributed by atoms with E-state index in [4.69, 9.17) is 4.74 Å². The van der Waals surface area contributed by atoms with E-state index in [1.54, 1.807) is 24.3 Å². The minimum absolute atomic E-state index is 0.121. The number of amides is 2. The Bertz CT molecular complexity index is 778. The van der Waals surface area contributed by atoms with Gasteiger partial charge in [-0.3, -0.25) is 9.59 Å². The third kappa shape index (κ3) is 4.25. The Morgan fingerprint density at radius 2 is 1.68 bits per heavy atom. The highest BCUT2D eigenvalue weighted by Gasteiger charge is 2.23. The van der Waals surface area contributed by atoms with Gasteiger partial charge in [-0.05, 0) is 62.6 Å². The zero-order valence-electron chi connectivity index (χ0n) is 14.5. The lowest BCUT2D eigenvalue weighted by Gasteiger charge is -2.12. The summed E-state index contributed by atoms with van der Waals surface area (Å²) in [4.78, 5) is 24.4. The number of ether oxygens (including phenoxy) is 1. The van der Waals surface area contributed by atoms with E-state index in [1.807, 2.05) is 32.0 Å². The number of carbonyl (C=O) groups excluding carboxylic acids is 2. The first kappa shape index (κ1) is 17.2. The second kappa shape index (κ2) is 7.49. The van der Waals surface area contributed by atoms with Crippen molar-refractivity contribution in [1.29, 1.82) is 0 Å². The molecule has 0 radical (unpaired) electrons. The smallest absolute Gasteiger partial charge is 0.255 e. The standard InChI is InChI=1S/C20H22N2O3/c1-13-5-10-17(14(2)12-13)19(23)21-15-6-8-16(9-7-15)22-20(24)18-4-3-11-25-18/h5-10,12,18H,3-4,11H2,1-2H3,(H,21,23)(H,22,24). The molecular formula is C20H22N2O3. The van der Waals surface area contributed by atoms with E-state index in [9.17, 15) is 9.59 Å². The molecular weight excluding hydrogens is 316 g/mol. The summed E-state index contributed by atoms with van der Waals surface area (Å²) in [6.07, 6.45) is 1.32. The molecule has 1 aliphatic heterocycles. The van der Waals surface area contributed by atoms with Gasteiger partial charge in [0.15, 0.2) is 0 Å². The summed E-state index contributed by atoms with van der Waals surface area (Å²) in [5.74, 6) is -0.266. The first-order valence-electron chi connectivity index (χ1n) is 8.44. The van der Waals surface area contributed by atoms with Crippen LogP contribution in [-0.4, -0.2) is 24.5 Å². The van der Waals surface area contributed by atoms with Crippen molar-refractivity contribution in [2.75, 3.05) is 17.2 Å². The van der Waals surface area contributed by atoms with Crippen molar-refractivity contribution in [3.05, 3.63) is 59.2 Å². The van der Waals surface area contributed by atoms with E-state index >= 15 is 0 Å². The molecule has 2 aromatic carbocycles. The first-order chi connectivity index (χ1) is 12.0. The summed E-state index contributed by atoms with van der Waals surface area (Å²) in [6.45, 7) is 4.56. The van der Waals surface area contributed by atoms with Gasteiger partial charge >= 0.3 is 0 Å². The summed E-state index contributed by atoms with van der Waals surface area (Å²) in [5.41, 5.74) is 4.09. The molecule has 0 bridgehead atoms. The molecule has 1 atom stereocenters. The van der Waals surface area contributed by atoms with Crippen LogP contribution in [0.3, 0.4) is 0 Å². The number of anilines is 2. The molecule has 2 aromatic rings. The number of benzene rings is 2. The van der Waals surface area contributed by atoms with Gasteiger partial charge in [0.1, 0.15) is 6.10 Å². The quantitative estimate of drug-likeness (QED) is 0.894. The van der Waals surface area contributed by atoms with Crippen LogP contribution in [0, 0.1) is 13.8 Å². The number of carbonyl (C=O) groups is 2. The van der Waals surface area contributed by atoms with E-state index in [0.717, 1.165) is 24.0 Å². The van der Waals surface area contributed by atoms with Gasteiger partial charge in [-0.1, -0.05) is 17.7 Å². The van der Waals surface area contributed by atoms with Gasteiger partial charge in [-0.25, -0.2) is 0 Å². The fourth-order valence-electron chi connectivity index (χ4n) is 2.91. The molecule has 1 aliphatic rings. The molecule has 2 N–H and O–H groups in total.